The summed E-state index contributed by atoms with van der Waals surface area (Å²) in [6.07, 6.45) is 1.88. The van der Waals surface area contributed by atoms with Crippen LogP contribution in [-0.2, 0) is 9.59 Å². The first-order valence-corrected chi connectivity index (χ1v) is 14.5. The van der Waals surface area contributed by atoms with Crippen LogP contribution in [0, 0.1) is 5.82 Å². The van der Waals surface area contributed by atoms with E-state index in [2.05, 4.69) is 31.9 Å². The zero-order valence-corrected chi connectivity index (χ0v) is 24.5. The lowest BCUT2D eigenvalue weighted by atomic mass is 10.1. The van der Waals surface area contributed by atoms with Crippen molar-refractivity contribution in [3.05, 3.63) is 130 Å². The summed E-state index contributed by atoms with van der Waals surface area (Å²) in [7, 11) is 0. The van der Waals surface area contributed by atoms with E-state index >= 15 is 0 Å². The molecule has 0 aliphatic rings. The molecule has 208 valence electrons. The highest BCUT2D eigenvalue weighted by molar-refractivity contribution is 9.10. The number of hydrogen-bond donors (Lipinski definition) is 3. The van der Waals surface area contributed by atoms with Crippen molar-refractivity contribution in [3.8, 4) is 0 Å². The number of nitrogens with one attached hydrogen (secondary N) is 3. The summed E-state index contributed by atoms with van der Waals surface area (Å²) in [5.74, 6) is -1.79. The minimum absolute atomic E-state index is 0.123. The van der Waals surface area contributed by atoms with Gasteiger partial charge in [-0.05, 0) is 73.2 Å². The summed E-state index contributed by atoms with van der Waals surface area (Å²) in [4.78, 5) is 39.9. The van der Waals surface area contributed by atoms with E-state index in [0.717, 1.165) is 9.37 Å². The molecule has 0 aromatic heterocycles. The van der Waals surface area contributed by atoms with Crippen LogP contribution in [0.25, 0.3) is 6.08 Å². The Morgan fingerprint density at radius 3 is 2.27 bits per heavy atom. The Kier molecular flexibility index (Phi) is 10.5. The molecule has 0 saturated carbocycles. The highest BCUT2D eigenvalue weighted by Crippen LogP contribution is 2.29. The smallest absolute Gasteiger partial charge is 0.272 e. The molecule has 0 heterocycles. The van der Waals surface area contributed by atoms with Gasteiger partial charge in [-0.2, -0.15) is 0 Å². The Labute approximate surface area is 250 Å². The minimum atomic E-state index is -0.625. The second-order valence-electron chi connectivity index (χ2n) is 8.89. The van der Waals surface area contributed by atoms with E-state index in [1.807, 2.05) is 37.3 Å². The van der Waals surface area contributed by atoms with Gasteiger partial charge in [0.1, 0.15) is 11.5 Å². The van der Waals surface area contributed by atoms with Crippen molar-refractivity contribution in [2.45, 2.75) is 23.5 Å². The highest BCUT2D eigenvalue weighted by Gasteiger charge is 2.19. The molecular formula is C32H27BrFN3O3S. The van der Waals surface area contributed by atoms with Gasteiger partial charge in [0.25, 0.3) is 11.8 Å². The van der Waals surface area contributed by atoms with E-state index in [0.29, 0.717) is 23.4 Å². The van der Waals surface area contributed by atoms with Gasteiger partial charge in [-0.1, -0.05) is 65.3 Å². The molecule has 4 aromatic carbocycles. The Bertz CT molecular complexity index is 1560. The maximum absolute atomic E-state index is 14.4. The monoisotopic (exact) mass is 631 g/mol. The van der Waals surface area contributed by atoms with Crippen molar-refractivity contribution >= 4 is 62.9 Å². The zero-order valence-electron chi connectivity index (χ0n) is 22.1. The largest absolute Gasteiger partial charge is 0.325 e. The summed E-state index contributed by atoms with van der Waals surface area (Å²) < 4.78 is 15.3. The Morgan fingerprint density at radius 1 is 0.854 bits per heavy atom. The topological polar surface area (TPSA) is 87.3 Å². The van der Waals surface area contributed by atoms with Crippen LogP contribution in [0.1, 0.15) is 29.3 Å². The van der Waals surface area contributed by atoms with Crippen molar-refractivity contribution in [3.63, 3.8) is 0 Å². The van der Waals surface area contributed by atoms with E-state index in [4.69, 9.17) is 0 Å². The molecule has 0 fully saturated rings. The predicted molar refractivity (Wildman–Crippen MR) is 166 cm³/mol. The fraction of sp³-hybridized carbons (Fsp3) is 0.0938. The lowest BCUT2D eigenvalue weighted by molar-refractivity contribution is -0.116. The number of amides is 3. The number of carbonyl (C=O) groups excluding carboxylic acids is 3. The average molecular weight is 633 g/mol. The molecule has 0 bridgehead atoms. The summed E-state index contributed by atoms with van der Waals surface area (Å²) in [5, 5.41) is 7.95. The molecule has 0 radical (unpaired) electrons. The molecule has 3 N–H and O–H groups in total. The third-order valence-electron chi connectivity index (χ3n) is 5.88. The number of hydrogen-bond acceptors (Lipinski definition) is 4. The molecule has 1 atom stereocenters. The summed E-state index contributed by atoms with van der Waals surface area (Å²) >= 11 is 4.76. The lowest BCUT2D eigenvalue weighted by Gasteiger charge is -2.16. The average Bonchev–Trinajstić information content (AvgIpc) is 2.98. The van der Waals surface area contributed by atoms with Gasteiger partial charge in [0, 0.05) is 31.9 Å². The van der Waals surface area contributed by atoms with Gasteiger partial charge in [0.2, 0.25) is 5.91 Å². The molecule has 0 aliphatic heterocycles. The number of thioether (sulfide) groups is 1. The predicted octanol–water partition coefficient (Wildman–Crippen LogP) is 7.51. The maximum Gasteiger partial charge on any atom is 0.272 e. The quantitative estimate of drug-likeness (QED) is 0.125. The summed E-state index contributed by atoms with van der Waals surface area (Å²) in [6.45, 7) is 1.93. The van der Waals surface area contributed by atoms with E-state index in [-0.39, 0.29) is 22.4 Å². The molecule has 1 unspecified atom stereocenters. The Balaban J connectivity index is 1.50. The van der Waals surface area contributed by atoms with Crippen LogP contribution >= 0.6 is 27.7 Å². The first-order chi connectivity index (χ1) is 19.8. The van der Waals surface area contributed by atoms with Gasteiger partial charge in [-0.15, -0.1) is 11.8 Å². The Hall–Kier alpha value is -4.21. The number of halogens is 2. The second-order valence-corrected chi connectivity index (χ2v) is 11.1. The lowest BCUT2D eigenvalue weighted by Crippen LogP contribution is -2.30. The van der Waals surface area contributed by atoms with Crippen molar-refractivity contribution in [1.82, 2.24) is 5.32 Å². The van der Waals surface area contributed by atoms with Gasteiger partial charge < -0.3 is 16.0 Å². The second kappa shape index (κ2) is 14.4. The zero-order chi connectivity index (χ0) is 29.2. The fourth-order valence-corrected chi connectivity index (χ4v) is 5.06. The van der Waals surface area contributed by atoms with E-state index in [1.165, 1.54) is 30.0 Å². The molecule has 0 saturated heterocycles. The van der Waals surface area contributed by atoms with Crippen LogP contribution in [0.4, 0.5) is 15.8 Å². The fourth-order valence-electron chi connectivity index (χ4n) is 3.78. The van der Waals surface area contributed by atoms with Gasteiger partial charge >= 0.3 is 0 Å². The van der Waals surface area contributed by atoms with E-state index in [1.54, 1.807) is 60.7 Å². The first-order valence-electron chi connectivity index (χ1n) is 12.8. The van der Waals surface area contributed by atoms with Crippen LogP contribution in [0.2, 0.25) is 0 Å². The van der Waals surface area contributed by atoms with Crippen LogP contribution in [-0.4, -0.2) is 23.0 Å². The third kappa shape index (κ3) is 8.64. The number of benzene rings is 4. The minimum Gasteiger partial charge on any atom is -0.325 e. The molecule has 3 amide bonds. The Morgan fingerprint density at radius 2 is 1.56 bits per heavy atom. The van der Waals surface area contributed by atoms with Crippen molar-refractivity contribution in [1.29, 1.82) is 0 Å². The van der Waals surface area contributed by atoms with Gasteiger partial charge in [0.15, 0.2) is 0 Å². The molecule has 4 aromatic rings. The molecule has 4 rings (SSSR count). The SMILES string of the molecule is CCC(Sc1cccc(NC(=O)/C(=C/c2ccccc2F)NC(=O)c2ccccc2)c1)C(=O)Nc1ccc(Br)cc1. The molecule has 9 heteroatoms. The molecule has 41 heavy (non-hydrogen) atoms. The van der Waals surface area contributed by atoms with Gasteiger partial charge in [0.05, 0.1) is 5.25 Å². The normalized spacial score (nSPS) is 11.8. The molecule has 0 spiro atoms. The third-order valence-corrected chi connectivity index (χ3v) is 7.77. The molecule has 6 nitrogen and oxygen atoms in total. The summed E-state index contributed by atoms with van der Waals surface area (Å²) in [6, 6.07) is 28.8. The standard InChI is InChI=1S/C32H27BrFN3O3S/c1-2-29(32(40)35-24-17-15-23(33)16-18-24)41-26-13-8-12-25(20-26)36-31(39)28(19-22-11-6-7-14-27(22)34)37-30(38)21-9-4-3-5-10-21/h3-20,29H,2H2,1H3,(H,35,40)(H,36,39)(H,37,38)/b28-19-. The molecular weight excluding hydrogens is 605 g/mol. The van der Waals surface area contributed by atoms with Crippen LogP contribution in [0.5, 0.6) is 0 Å². The van der Waals surface area contributed by atoms with Gasteiger partial charge in [-0.3, -0.25) is 14.4 Å². The maximum atomic E-state index is 14.4. The van der Waals surface area contributed by atoms with Crippen LogP contribution in [0.3, 0.4) is 0 Å². The van der Waals surface area contributed by atoms with Crippen LogP contribution in [0.15, 0.2) is 118 Å². The van der Waals surface area contributed by atoms with E-state index < -0.39 is 17.6 Å². The number of rotatable bonds is 10. The van der Waals surface area contributed by atoms with Crippen molar-refractivity contribution in [2.75, 3.05) is 10.6 Å². The molecule has 0 aliphatic carbocycles. The summed E-state index contributed by atoms with van der Waals surface area (Å²) in [5.41, 5.74) is 1.53. The number of carbonyl (C=O) groups is 3. The van der Waals surface area contributed by atoms with Crippen molar-refractivity contribution < 1.29 is 18.8 Å². The van der Waals surface area contributed by atoms with Crippen molar-refractivity contribution in [2.24, 2.45) is 0 Å². The first kappa shape index (κ1) is 29.8. The number of anilines is 2. The van der Waals surface area contributed by atoms with Gasteiger partial charge in [-0.25, -0.2) is 4.39 Å². The van der Waals surface area contributed by atoms with E-state index in [9.17, 15) is 18.8 Å². The highest BCUT2D eigenvalue weighted by atomic mass is 79.9. The van der Waals surface area contributed by atoms with Crippen LogP contribution < -0.4 is 16.0 Å².